The zero-order valence-corrected chi connectivity index (χ0v) is 16.3. The van der Waals surface area contributed by atoms with Crippen molar-refractivity contribution in [3.63, 3.8) is 0 Å². The lowest BCUT2D eigenvalue weighted by Crippen LogP contribution is -2.08. The SMILES string of the molecule is C=C/C(=C\C=C/C)COc1ccc(C(F)(F)F)cc1-c1cc(=O)c2ccccc2[nH]1. The van der Waals surface area contributed by atoms with Gasteiger partial charge in [-0.25, -0.2) is 0 Å². The topological polar surface area (TPSA) is 42.1 Å². The third-order valence-corrected chi connectivity index (χ3v) is 4.49. The second kappa shape index (κ2) is 8.86. The molecule has 0 bridgehead atoms. The minimum Gasteiger partial charge on any atom is -0.488 e. The van der Waals surface area contributed by atoms with Gasteiger partial charge in [0.05, 0.1) is 11.3 Å². The predicted molar refractivity (Wildman–Crippen MR) is 114 cm³/mol. The molecule has 0 fully saturated rings. The Morgan fingerprint density at radius 2 is 1.93 bits per heavy atom. The molecule has 2 aromatic carbocycles. The summed E-state index contributed by atoms with van der Waals surface area (Å²) in [6.07, 6.45) is 2.54. The van der Waals surface area contributed by atoms with Gasteiger partial charge in [-0.1, -0.05) is 43.0 Å². The van der Waals surface area contributed by atoms with Crippen LogP contribution in [0.2, 0.25) is 0 Å². The summed E-state index contributed by atoms with van der Waals surface area (Å²) in [7, 11) is 0. The highest BCUT2D eigenvalue weighted by molar-refractivity contribution is 5.82. The number of alkyl halides is 3. The Labute approximate surface area is 171 Å². The van der Waals surface area contributed by atoms with Crippen LogP contribution in [-0.4, -0.2) is 11.6 Å². The molecular weight excluding hydrogens is 391 g/mol. The first-order valence-electron chi connectivity index (χ1n) is 9.24. The maximum absolute atomic E-state index is 13.3. The summed E-state index contributed by atoms with van der Waals surface area (Å²) in [6, 6.07) is 11.3. The maximum Gasteiger partial charge on any atom is 0.416 e. The van der Waals surface area contributed by atoms with Crippen LogP contribution >= 0.6 is 0 Å². The smallest absolute Gasteiger partial charge is 0.416 e. The molecule has 0 aliphatic carbocycles. The summed E-state index contributed by atoms with van der Waals surface area (Å²) in [5, 5.41) is 0.457. The van der Waals surface area contributed by atoms with Crippen LogP contribution in [0.15, 0.2) is 89.8 Å². The molecule has 1 aromatic heterocycles. The van der Waals surface area contributed by atoms with Crippen molar-refractivity contribution in [3.05, 3.63) is 101 Å². The van der Waals surface area contributed by atoms with Crippen molar-refractivity contribution in [2.75, 3.05) is 6.61 Å². The number of ether oxygens (including phenoxy) is 1. The Balaban J connectivity index is 2.11. The Morgan fingerprint density at radius 1 is 1.17 bits per heavy atom. The average molecular weight is 411 g/mol. The molecule has 0 unspecified atom stereocenters. The molecular formula is C24H20F3NO2. The number of halogens is 3. The van der Waals surface area contributed by atoms with E-state index in [1.807, 2.05) is 19.1 Å². The predicted octanol–water partition coefficient (Wildman–Crippen LogP) is 6.28. The fraction of sp³-hybridized carbons (Fsp3) is 0.125. The summed E-state index contributed by atoms with van der Waals surface area (Å²) >= 11 is 0. The van der Waals surface area contributed by atoms with Crippen molar-refractivity contribution in [2.24, 2.45) is 0 Å². The van der Waals surface area contributed by atoms with Gasteiger partial charge in [0.25, 0.3) is 0 Å². The fourth-order valence-electron chi connectivity index (χ4n) is 2.94. The molecule has 0 spiro atoms. The van der Waals surface area contributed by atoms with Crippen molar-refractivity contribution in [1.29, 1.82) is 0 Å². The van der Waals surface area contributed by atoms with Gasteiger partial charge in [-0.2, -0.15) is 13.2 Å². The van der Waals surface area contributed by atoms with Gasteiger partial charge in [-0.3, -0.25) is 4.79 Å². The minimum atomic E-state index is -4.53. The second-order valence-electron chi connectivity index (χ2n) is 6.56. The van der Waals surface area contributed by atoms with Crippen molar-refractivity contribution >= 4 is 10.9 Å². The summed E-state index contributed by atoms with van der Waals surface area (Å²) in [5.74, 6) is 0.224. The van der Waals surface area contributed by atoms with E-state index in [1.165, 1.54) is 12.1 Å². The lowest BCUT2D eigenvalue weighted by atomic mass is 10.0. The van der Waals surface area contributed by atoms with E-state index in [0.29, 0.717) is 10.9 Å². The summed E-state index contributed by atoms with van der Waals surface area (Å²) in [5.41, 5.74) is 0.573. The maximum atomic E-state index is 13.3. The van der Waals surface area contributed by atoms with Crippen LogP contribution in [0.25, 0.3) is 22.2 Å². The molecule has 30 heavy (non-hydrogen) atoms. The number of H-pyrrole nitrogens is 1. The van der Waals surface area contributed by atoms with Crippen LogP contribution < -0.4 is 10.2 Å². The van der Waals surface area contributed by atoms with Crippen molar-refractivity contribution in [3.8, 4) is 17.0 Å². The van der Waals surface area contributed by atoms with Crippen molar-refractivity contribution < 1.29 is 17.9 Å². The largest absolute Gasteiger partial charge is 0.488 e. The van der Waals surface area contributed by atoms with Crippen LogP contribution in [0.1, 0.15) is 12.5 Å². The summed E-state index contributed by atoms with van der Waals surface area (Å²) in [6.45, 7) is 5.70. The number of rotatable bonds is 6. The molecule has 1 N–H and O–H groups in total. The zero-order chi connectivity index (χ0) is 21.7. The number of hydrogen-bond acceptors (Lipinski definition) is 2. The number of nitrogens with one attached hydrogen (secondary N) is 1. The molecule has 3 rings (SSSR count). The quantitative estimate of drug-likeness (QED) is 0.485. The van der Waals surface area contributed by atoms with Gasteiger partial charge in [0.2, 0.25) is 0 Å². The first-order chi connectivity index (χ1) is 14.3. The third kappa shape index (κ3) is 4.71. The van der Waals surface area contributed by atoms with E-state index in [2.05, 4.69) is 11.6 Å². The van der Waals surface area contributed by atoms with Gasteiger partial charge in [0.1, 0.15) is 12.4 Å². The molecule has 0 saturated carbocycles. The molecule has 0 radical (unpaired) electrons. The Hall–Kier alpha value is -3.54. The third-order valence-electron chi connectivity index (χ3n) is 4.49. The number of hydrogen-bond donors (Lipinski definition) is 1. The van der Waals surface area contributed by atoms with Gasteiger partial charge < -0.3 is 9.72 Å². The number of benzene rings is 2. The molecule has 0 atom stereocenters. The second-order valence-corrected chi connectivity index (χ2v) is 6.56. The van der Waals surface area contributed by atoms with Crippen LogP contribution in [-0.2, 0) is 6.18 Å². The normalized spacial score (nSPS) is 12.5. The minimum absolute atomic E-state index is 0.115. The molecule has 0 saturated heterocycles. The summed E-state index contributed by atoms with van der Waals surface area (Å²) in [4.78, 5) is 15.5. The van der Waals surface area contributed by atoms with Gasteiger partial charge in [0.15, 0.2) is 5.43 Å². The molecule has 0 amide bonds. The number of aromatic amines is 1. The Kier molecular flexibility index (Phi) is 6.26. The molecule has 3 nitrogen and oxygen atoms in total. The Bertz CT molecular complexity index is 1190. The lowest BCUT2D eigenvalue weighted by molar-refractivity contribution is -0.137. The van der Waals surface area contributed by atoms with E-state index < -0.39 is 11.7 Å². The van der Waals surface area contributed by atoms with E-state index in [9.17, 15) is 18.0 Å². The number of para-hydroxylation sites is 1. The van der Waals surface area contributed by atoms with Gasteiger partial charge in [-0.05, 0) is 42.8 Å². The molecule has 0 aliphatic rings. The van der Waals surface area contributed by atoms with E-state index in [0.717, 1.165) is 17.7 Å². The van der Waals surface area contributed by atoms with Gasteiger partial charge in [0, 0.05) is 22.5 Å². The first kappa shape index (κ1) is 21.2. The van der Waals surface area contributed by atoms with E-state index in [1.54, 1.807) is 36.4 Å². The molecule has 3 aromatic rings. The first-order valence-corrected chi connectivity index (χ1v) is 9.24. The molecule has 1 heterocycles. The number of allylic oxidation sites excluding steroid dienone is 3. The summed E-state index contributed by atoms with van der Waals surface area (Å²) < 4.78 is 45.7. The molecule has 6 heteroatoms. The highest BCUT2D eigenvalue weighted by Gasteiger charge is 2.31. The van der Waals surface area contributed by atoms with Crippen LogP contribution in [0, 0.1) is 0 Å². The number of aromatic nitrogens is 1. The molecule has 154 valence electrons. The highest BCUT2D eigenvalue weighted by atomic mass is 19.4. The number of pyridine rings is 1. The average Bonchev–Trinajstić information content (AvgIpc) is 2.73. The lowest BCUT2D eigenvalue weighted by Gasteiger charge is -2.15. The van der Waals surface area contributed by atoms with Crippen molar-refractivity contribution in [2.45, 2.75) is 13.1 Å². The van der Waals surface area contributed by atoms with Crippen molar-refractivity contribution in [1.82, 2.24) is 4.98 Å². The van der Waals surface area contributed by atoms with Gasteiger partial charge in [-0.15, -0.1) is 0 Å². The Morgan fingerprint density at radius 3 is 2.63 bits per heavy atom. The monoisotopic (exact) mass is 411 g/mol. The van der Waals surface area contributed by atoms with Crippen LogP contribution in [0.3, 0.4) is 0 Å². The van der Waals surface area contributed by atoms with E-state index in [-0.39, 0.29) is 29.0 Å². The zero-order valence-electron chi connectivity index (χ0n) is 16.3. The van der Waals surface area contributed by atoms with E-state index >= 15 is 0 Å². The van der Waals surface area contributed by atoms with Crippen LogP contribution in [0.4, 0.5) is 13.2 Å². The molecule has 0 aliphatic heterocycles. The standard InChI is InChI=1S/C24H20F3NO2/c1-3-5-8-16(4-2)15-30-23-12-11-17(24(25,26)27)13-19(23)21-14-22(29)18-9-6-7-10-20(18)28-21/h3-14H,2,15H2,1H3,(H,28,29)/b5-3-,16-8+. The van der Waals surface area contributed by atoms with Gasteiger partial charge >= 0.3 is 6.18 Å². The van der Waals surface area contributed by atoms with E-state index in [4.69, 9.17) is 4.74 Å². The fourth-order valence-corrected chi connectivity index (χ4v) is 2.94. The number of fused-ring (bicyclic) bond motifs is 1. The van der Waals surface area contributed by atoms with Crippen LogP contribution in [0.5, 0.6) is 5.75 Å². The highest BCUT2D eigenvalue weighted by Crippen LogP contribution is 2.37.